The summed E-state index contributed by atoms with van der Waals surface area (Å²) in [6.07, 6.45) is 52.8. The number of nitrogens with one attached hydrogen (secondary N) is 1. The van der Waals surface area contributed by atoms with E-state index in [1.807, 2.05) is 113 Å². The molecule has 0 bridgehead atoms. The lowest BCUT2D eigenvalue weighted by Gasteiger charge is -2.30. The van der Waals surface area contributed by atoms with E-state index in [1.165, 1.54) is 154 Å². The van der Waals surface area contributed by atoms with Gasteiger partial charge in [-0.3, -0.25) is 0 Å². The molecule has 0 spiro atoms. The maximum Gasteiger partial charge on any atom is 0.337 e. The van der Waals surface area contributed by atoms with Crippen molar-refractivity contribution in [2.24, 2.45) is 0 Å². The van der Waals surface area contributed by atoms with E-state index in [2.05, 4.69) is 31.3 Å². The average Bonchev–Trinajstić information content (AvgIpc) is 3.36. The quantitative estimate of drug-likeness (QED) is 0.0267. The van der Waals surface area contributed by atoms with Gasteiger partial charge in [-0.2, -0.15) is 9.13 Å². The van der Waals surface area contributed by atoms with E-state index in [4.69, 9.17) is 9.47 Å². The maximum absolute atomic E-state index is 14.5. The Hall–Kier alpha value is -4.78. The summed E-state index contributed by atoms with van der Waals surface area (Å²) in [5, 5.41) is 3.61. The number of esters is 2. The largest absolute Gasteiger partial charge is 0.458 e. The van der Waals surface area contributed by atoms with Crippen LogP contribution in [-0.4, -0.2) is 25.2 Å². The van der Waals surface area contributed by atoms with Crippen LogP contribution in [0.25, 0.3) is 0 Å². The van der Waals surface area contributed by atoms with Gasteiger partial charge in [-0.1, -0.05) is 235 Å². The van der Waals surface area contributed by atoms with Gasteiger partial charge in [0.1, 0.15) is 13.2 Å². The van der Waals surface area contributed by atoms with Crippen LogP contribution in [0.3, 0.4) is 0 Å². The summed E-state index contributed by atoms with van der Waals surface area (Å²) < 4.78 is 16.2. The lowest BCUT2D eigenvalue weighted by atomic mass is 9.80. The lowest BCUT2D eigenvalue weighted by Crippen LogP contribution is -2.45. The third-order valence-corrected chi connectivity index (χ3v) is 13.2. The molecule has 0 unspecified atom stereocenters. The second-order valence-electron chi connectivity index (χ2n) is 19.1. The molecule has 1 aliphatic heterocycles. The molecule has 1 aromatic carbocycles. The van der Waals surface area contributed by atoms with E-state index in [0.29, 0.717) is 35.6 Å². The van der Waals surface area contributed by atoms with Crippen molar-refractivity contribution in [3.05, 3.63) is 144 Å². The van der Waals surface area contributed by atoms with Gasteiger partial charge in [0.25, 0.3) is 0 Å². The molecule has 7 heteroatoms. The number of aromatic nitrogens is 2. The Morgan fingerprint density at radius 1 is 0.441 bits per heavy atom. The number of hydrogen-bond donors (Lipinski definition) is 1. The Morgan fingerprint density at radius 3 is 1.12 bits per heavy atom. The summed E-state index contributed by atoms with van der Waals surface area (Å²) in [6.45, 7) is 5.65. The topological polar surface area (TPSA) is 72.4 Å². The van der Waals surface area contributed by atoms with Crippen LogP contribution < -0.4 is 14.5 Å². The molecular formula is C61H91N3O4+2. The lowest BCUT2D eigenvalue weighted by molar-refractivity contribution is -0.692. The zero-order valence-electron chi connectivity index (χ0n) is 42.7. The molecule has 0 saturated carbocycles. The van der Waals surface area contributed by atoms with Crippen molar-refractivity contribution in [2.75, 3.05) is 13.2 Å². The number of dihydropyridines is 1. The van der Waals surface area contributed by atoms with E-state index in [1.54, 1.807) is 0 Å². The second-order valence-corrected chi connectivity index (χ2v) is 19.1. The molecule has 4 rings (SSSR count). The molecule has 0 aliphatic carbocycles. The van der Waals surface area contributed by atoms with Crippen LogP contribution in [0.2, 0.25) is 0 Å². The monoisotopic (exact) mass is 930 g/mol. The second kappa shape index (κ2) is 37.2. The zero-order chi connectivity index (χ0) is 48.0. The van der Waals surface area contributed by atoms with Crippen molar-refractivity contribution in [1.29, 1.82) is 0 Å². The van der Waals surface area contributed by atoms with Crippen molar-refractivity contribution < 1.29 is 28.2 Å². The molecule has 1 N–H and O–H groups in total. The first-order valence-corrected chi connectivity index (χ1v) is 27.4. The van der Waals surface area contributed by atoms with Crippen LogP contribution in [0.4, 0.5) is 0 Å². The number of carbonyl (C=O) groups excluding carboxylic acids is 2. The minimum absolute atomic E-state index is 0.161. The number of hydrogen-bond acceptors (Lipinski definition) is 5. The Morgan fingerprint density at radius 2 is 0.765 bits per heavy atom. The first-order valence-electron chi connectivity index (χ1n) is 27.4. The van der Waals surface area contributed by atoms with Gasteiger partial charge >= 0.3 is 11.9 Å². The molecule has 0 fully saturated rings. The molecule has 3 heterocycles. The molecule has 0 amide bonds. The van der Waals surface area contributed by atoms with Crippen molar-refractivity contribution in [2.45, 2.75) is 213 Å². The molecule has 68 heavy (non-hydrogen) atoms. The summed E-state index contributed by atoms with van der Waals surface area (Å²) >= 11 is 0. The third kappa shape index (κ3) is 23.5. The van der Waals surface area contributed by atoms with Crippen LogP contribution in [0.5, 0.6) is 0 Å². The predicted molar refractivity (Wildman–Crippen MR) is 280 cm³/mol. The molecule has 0 saturated heterocycles. The van der Waals surface area contributed by atoms with Gasteiger partial charge in [-0.15, -0.1) is 0 Å². The number of unbranched alkanes of at least 4 members (excludes halogenated alkanes) is 26. The van der Waals surface area contributed by atoms with Gasteiger partial charge in [-0.05, 0) is 31.2 Å². The smallest absolute Gasteiger partial charge is 0.337 e. The minimum Gasteiger partial charge on any atom is -0.458 e. The Balaban J connectivity index is 1.37. The summed E-state index contributed by atoms with van der Waals surface area (Å²) in [6, 6.07) is 21.7. The van der Waals surface area contributed by atoms with Gasteiger partial charge in [0, 0.05) is 24.3 Å². The van der Waals surface area contributed by atoms with Gasteiger partial charge < -0.3 is 14.8 Å². The molecule has 7 nitrogen and oxygen atoms in total. The first-order chi connectivity index (χ1) is 33.6. The molecule has 0 radical (unpaired) electrons. The summed E-state index contributed by atoms with van der Waals surface area (Å²) in [7, 11) is 0. The van der Waals surface area contributed by atoms with Gasteiger partial charge in [0.15, 0.2) is 37.9 Å². The highest BCUT2D eigenvalue weighted by Crippen LogP contribution is 2.40. The predicted octanol–water partition coefficient (Wildman–Crippen LogP) is 15.0. The van der Waals surface area contributed by atoms with E-state index in [9.17, 15) is 9.59 Å². The van der Waals surface area contributed by atoms with Crippen LogP contribution in [0, 0.1) is 0 Å². The molecule has 372 valence electrons. The number of ether oxygens (including phenoxy) is 2. The number of carbonyl (C=O) groups is 2. The van der Waals surface area contributed by atoms with E-state index in [-0.39, 0.29) is 13.2 Å². The Kier molecular flexibility index (Phi) is 30.5. The van der Waals surface area contributed by atoms with E-state index >= 15 is 0 Å². The Bertz CT molecular complexity index is 1770. The zero-order valence-corrected chi connectivity index (χ0v) is 42.7. The highest BCUT2D eigenvalue weighted by molar-refractivity contribution is 6.00. The van der Waals surface area contributed by atoms with Crippen molar-refractivity contribution in [3.63, 3.8) is 0 Å². The van der Waals surface area contributed by atoms with Crippen LogP contribution in [-0.2, 0) is 32.2 Å². The van der Waals surface area contributed by atoms with Gasteiger partial charge in [-0.25, -0.2) is 9.59 Å². The van der Waals surface area contributed by atoms with Crippen LogP contribution >= 0.6 is 0 Å². The molecular weight excluding hydrogens is 839 g/mol. The molecule has 0 atom stereocenters. The van der Waals surface area contributed by atoms with E-state index in [0.717, 1.165) is 31.2 Å². The number of nitrogens with zero attached hydrogens (tertiary/aromatic N) is 2. The number of allylic oxidation sites excluding steroid dienone is 4. The highest BCUT2D eigenvalue weighted by atomic mass is 16.5. The summed E-state index contributed by atoms with van der Waals surface area (Å²) in [5.74, 6) is -1.60. The highest BCUT2D eigenvalue weighted by Gasteiger charge is 2.41. The summed E-state index contributed by atoms with van der Waals surface area (Å²) in [5.41, 5.74) is 3.05. The fraction of sp³-hybridized carbons (Fsp3) is 0.574. The van der Waals surface area contributed by atoms with Crippen molar-refractivity contribution in [3.8, 4) is 0 Å². The third-order valence-electron chi connectivity index (χ3n) is 13.2. The van der Waals surface area contributed by atoms with Gasteiger partial charge in [0.05, 0.1) is 28.5 Å². The molecule has 3 aromatic rings. The fourth-order valence-corrected chi connectivity index (χ4v) is 9.30. The fourth-order valence-electron chi connectivity index (χ4n) is 9.30. The van der Waals surface area contributed by atoms with E-state index < -0.39 is 17.9 Å². The average molecular weight is 930 g/mol. The minimum atomic E-state index is -0.708. The summed E-state index contributed by atoms with van der Waals surface area (Å²) in [4.78, 5) is 29.1. The number of rotatable bonds is 39. The normalized spacial score (nSPS) is 14.0. The first kappa shape index (κ1) is 55.8. The standard InChI is InChI=1S/C61H90N3O4/c1-3-5-7-9-11-13-15-17-19-21-23-25-27-29-31-42-50-67-60(65)58-55(52-63-46-38-34-39-47-63)62-56(53-64-48-40-35-41-49-64)59(57(58)54-44-36-33-37-45-54)61(66)68-51-43-32-30-28-26-24-22-20-18-16-14-12-10-8-6-4-2/h31-49,57H,3-30,50-53H2,1-2H3/q+1/p+1. The SMILES string of the molecule is CCCCCCCCCCCCCCCC=CCOC(=O)C1=C(C[n+]2ccccc2)NC(C[n+]2ccccc2)=C(C(=O)OCC=CCCCCCCCCCCCCCCC)C1c1ccccc1. The van der Waals surface area contributed by atoms with Crippen LogP contribution in [0.1, 0.15) is 205 Å². The molecule has 1 aliphatic rings. The van der Waals surface area contributed by atoms with Crippen molar-refractivity contribution in [1.82, 2.24) is 5.32 Å². The number of benzene rings is 1. The Labute approximate surface area is 413 Å². The van der Waals surface area contributed by atoms with Crippen LogP contribution in [0.15, 0.2) is 138 Å². The number of pyridine rings is 2. The maximum atomic E-state index is 14.5. The van der Waals surface area contributed by atoms with Gasteiger partial charge in [0.2, 0.25) is 0 Å². The van der Waals surface area contributed by atoms with Crippen molar-refractivity contribution >= 4 is 11.9 Å². The molecule has 2 aromatic heterocycles.